The van der Waals surface area contributed by atoms with E-state index in [2.05, 4.69) is 17.1 Å². The van der Waals surface area contributed by atoms with Crippen LogP contribution in [0.5, 0.6) is 0 Å². The monoisotopic (exact) mass is 238 g/mol. The quantitative estimate of drug-likeness (QED) is 0.699. The molecule has 2 nitrogen and oxygen atoms in total. The highest BCUT2D eigenvalue weighted by Gasteiger charge is 2.25. The van der Waals surface area contributed by atoms with Gasteiger partial charge in [-0.15, -0.1) is 0 Å². The Morgan fingerprint density at radius 2 is 2.31 bits per heavy atom. The second-order valence-electron chi connectivity index (χ2n) is 4.09. The Bertz CT molecular complexity index is 419. The van der Waals surface area contributed by atoms with Crippen LogP contribution in [0.1, 0.15) is 18.9 Å². The molecule has 0 saturated carbocycles. The lowest BCUT2D eigenvalue weighted by Gasteiger charge is -2.36. The number of nitrogens with zero attached hydrogens (tertiary/aromatic N) is 1. The lowest BCUT2D eigenvalue weighted by Crippen LogP contribution is -2.46. The summed E-state index contributed by atoms with van der Waals surface area (Å²) in [5, 5.41) is 3.68. The molecule has 0 spiro atoms. The first kappa shape index (κ1) is 11.3. The van der Waals surface area contributed by atoms with E-state index in [4.69, 9.17) is 12.2 Å². The van der Waals surface area contributed by atoms with E-state index < -0.39 is 0 Å². The van der Waals surface area contributed by atoms with Gasteiger partial charge in [0, 0.05) is 18.8 Å². The van der Waals surface area contributed by atoms with Crippen LogP contribution in [-0.2, 0) is 6.42 Å². The summed E-state index contributed by atoms with van der Waals surface area (Å²) in [6.07, 6.45) is 1.91. The Hall–Kier alpha value is -1.16. The minimum absolute atomic E-state index is 0.177. The van der Waals surface area contributed by atoms with E-state index in [1.54, 1.807) is 6.07 Å². The third-order valence-electron chi connectivity index (χ3n) is 3.01. The fourth-order valence-corrected chi connectivity index (χ4v) is 2.43. The average Bonchev–Trinajstić information content (AvgIpc) is 2.28. The van der Waals surface area contributed by atoms with Gasteiger partial charge in [0.2, 0.25) is 0 Å². The molecule has 1 aliphatic heterocycles. The summed E-state index contributed by atoms with van der Waals surface area (Å²) in [5.41, 5.74) is 2.07. The number of benzene rings is 1. The van der Waals surface area contributed by atoms with E-state index in [0.717, 1.165) is 24.1 Å². The van der Waals surface area contributed by atoms with Crippen molar-refractivity contribution in [1.29, 1.82) is 0 Å². The molecule has 1 aliphatic rings. The molecule has 1 aromatic rings. The highest BCUT2D eigenvalue weighted by Crippen LogP contribution is 2.31. The predicted molar refractivity (Wildman–Crippen MR) is 68.3 cm³/mol. The molecule has 4 heteroatoms. The van der Waals surface area contributed by atoms with Crippen LogP contribution in [0.4, 0.5) is 10.1 Å². The van der Waals surface area contributed by atoms with Crippen molar-refractivity contribution in [3.8, 4) is 0 Å². The van der Waals surface area contributed by atoms with Gasteiger partial charge in [0.25, 0.3) is 0 Å². The van der Waals surface area contributed by atoms with Gasteiger partial charge in [0.05, 0.1) is 0 Å². The molecule has 0 saturated heterocycles. The zero-order valence-corrected chi connectivity index (χ0v) is 10.3. The first-order valence-electron chi connectivity index (χ1n) is 5.43. The van der Waals surface area contributed by atoms with Crippen molar-refractivity contribution in [2.24, 2.45) is 0 Å². The Labute approximate surface area is 100 Å². The molecule has 0 radical (unpaired) electrons. The number of hydrogen-bond donors (Lipinski definition) is 1. The van der Waals surface area contributed by atoms with Crippen molar-refractivity contribution in [2.45, 2.75) is 25.8 Å². The van der Waals surface area contributed by atoms with E-state index in [1.165, 1.54) is 6.07 Å². The van der Waals surface area contributed by atoms with E-state index in [-0.39, 0.29) is 5.82 Å². The molecule has 0 amide bonds. The second kappa shape index (κ2) is 4.37. The van der Waals surface area contributed by atoms with Gasteiger partial charge in [-0.25, -0.2) is 4.39 Å². The van der Waals surface area contributed by atoms with E-state index in [0.29, 0.717) is 11.2 Å². The van der Waals surface area contributed by atoms with Crippen molar-refractivity contribution in [1.82, 2.24) is 5.32 Å². The van der Waals surface area contributed by atoms with E-state index in [9.17, 15) is 4.39 Å². The molecule has 1 atom stereocenters. The number of fused-ring (bicyclic) bond motifs is 1. The van der Waals surface area contributed by atoms with E-state index >= 15 is 0 Å². The zero-order valence-electron chi connectivity index (χ0n) is 9.46. The van der Waals surface area contributed by atoms with Crippen LogP contribution in [-0.4, -0.2) is 18.2 Å². The van der Waals surface area contributed by atoms with Gasteiger partial charge in [0.15, 0.2) is 5.11 Å². The summed E-state index contributed by atoms with van der Waals surface area (Å²) in [6.45, 7) is 2.13. The van der Waals surface area contributed by atoms with Crippen LogP contribution < -0.4 is 10.2 Å². The molecular formula is C12H15FN2S. The average molecular weight is 238 g/mol. The molecule has 1 unspecified atom stereocenters. The second-order valence-corrected chi connectivity index (χ2v) is 4.47. The molecule has 0 aliphatic carbocycles. The van der Waals surface area contributed by atoms with Crippen LogP contribution in [0.15, 0.2) is 18.2 Å². The van der Waals surface area contributed by atoms with Gasteiger partial charge in [0.1, 0.15) is 5.82 Å². The van der Waals surface area contributed by atoms with E-state index in [1.807, 2.05) is 13.1 Å². The smallest absolute Gasteiger partial charge is 0.173 e. The number of rotatable bonds is 0. The van der Waals surface area contributed by atoms with Gasteiger partial charge >= 0.3 is 0 Å². The fraction of sp³-hybridized carbons (Fsp3) is 0.417. The molecule has 0 fully saturated rings. The lowest BCUT2D eigenvalue weighted by atomic mass is 9.97. The first-order valence-corrected chi connectivity index (χ1v) is 5.83. The number of nitrogens with one attached hydrogen (secondary N) is 1. The maximum absolute atomic E-state index is 13.1. The highest BCUT2D eigenvalue weighted by atomic mass is 32.1. The Balaban J connectivity index is 2.44. The number of thiocarbonyl (C=S) groups is 1. The normalized spacial score (nSPS) is 19.2. The third kappa shape index (κ3) is 1.89. The number of halogens is 1. The SMILES string of the molecule is CNC(=S)N1c2ccc(F)cc2CCC1C. The third-order valence-corrected chi connectivity index (χ3v) is 3.41. The summed E-state index contributed by atoms with van der Waals surface area (Å²) in [5.74, 6) is -0.177. The standard InChI is InChI=1S/C12H15FN2S/c1-8-3-4-9-7-10(13)5-6-11(9)15(8)12(16)14-2/h5-8H,3-4H2,1-2H3,(H,14,16). The lowest BCUT2D eigenvalue weighted by molar-refractivity contribution is 0.602. The van der Waals surface area contributed by atoms with Gasteiger partial charge in [-0.3, -0.25) is 0 Å². The maximum Gasteiger partial charge on any atom is 0.173 e. The van der Waals surface area contributed by atoms with Gasteiger partial charge in [-0.2, -0.15) is 0 Å². The summed E-state index contributed by atoms with van der Waals surface area (Å²) in [4.78, 5) is 2.06. The maximum atomic E-state index is 13.1. The molecule has 16 heavy (non-hydrogen) atoms. The Morgan fingerprint density at radius 1 is 1.56 bits per heavy atom. The summed E-state index contributed by atoms with van der Waals surface area (Å²) in [6, 6.07) is 5.26. The van der Waals surface area contributed by atoms with Crippen molar-refractivity contribution >= 4 is 23.0 Å². The van der Waals surface area contributed by atoms with Crippen molar-refractivity contribution in [3.63, 3.8) is 0 Å². The molecule has 1 aromatic carbocycles. The topological polar surface area (TPSA) is 15.3 Å². The van der Waals surface area contributed by atoms with Crippen LogP contribution in [0, 0.1) is 5.82 Å². The summed E-state index contributed by atoms with van der Waals surface area (Å²) < 4.78 is 13.1. The summed E-state index contributed by atoms with van der Waals surface area (Å²) in [7, 11) is 1.81. The van der Waals surface area contributed by atoms with Crippen LogP contribution >= 0.6 is 12.2 Å². The van der Waals surface area contributed by atoms with Crippen molar-refractivity contribution in [3.05, 3.63) is 29.6 Å². The molecule has 0 aromatic heterocycles. The Morgan fingerprint density at radius 3 is 3.00 bits per heavy atom. The summed E-state index contributed by atoms with van der Waals surface area (Å²) >= 11 is 5.28. The molecular weight excluding hydrogens is 223 g/mol. The predicted octanol–water partition coefficient (Wildman–Crippen LogP) is 2.47. The largest absolute Gasteiger partial charge is 0.365 e. The Kier molecular flexibility index (Phi) is 3.10. The number of anilines is 1. The number of hydrogen-bond acceptors (Lipinski definition) is 1. The molecule has 1 N–H and O–H groups in total. The minimum atomic E-state index is -0.177. The van der Waals surface area contributed by atoms with Crippen LogP contribution in [0.25, 0.3) is 0 Å². The van der Waals surface area contributed by atoms with Crippen LogP contribution in [0.3, 0.4) is 0 Å². The highest BCUT2D eigenvalue weighted by molar-refractivity contribution is 7.80. The fourth-order valence-electron chi connectivity index (χ4n) is 2.15. The molecule has 0 bridgehead atoms. The molecule has 1 heterocycles. The number of aryl methyl sites for hydroxylation is 1. The zero-order chi connectivity index (χ0) is 11.7. The van der Waals surface area contributed by atoms with Gasteiger partial charge in [-0.05, 0) is 55.7 Å². The van der Waals surface area contributed by atoms with Crippen molar-refractivity contribution in [2.75, 3.05) is 11.9 Å². The molecule has 2 rings (SSSR count). The molecule has 86 valence electrons. The van der Waals surface area contributed by atoms with Gasteiger partial charge in [-0.1, -0.05) is 0 Å². The van der Waals surface area contributed by atoms with Crippen LogP contribution in [0.2, 0.25) is 0 Å². The first-order chi connectivity index (χ1) is 7.63. The van der Waals surface area contributed by atoms with Gasteiger partial charge < -0.3 is 10.2 Å². The minimum Gasteiger partial charge on any atom is -0.365 e. The van der Waals surface area contributed by atoms with Crippen molar-refractivity contribution < 1.29 is 4.39 Å².